The van der Waals surface area contributed by atoms with Gasteiger partial charge in [0.2, 0.25) is 10.0 Å². The third-order valence-corrected chi connectivity index (χ3v) is 8.61. The molecule has 0 spiro atoms. The molecule has 2 saturated carbocycles. The first-order chi connectivity index (χ1) is 11.9. The van der Waals surface area contributed by atoms with Crippen molar-refractivity contribution >= 4 is 32.5 Å². The maximum absolute atomic E-state index is 12.5. The summed E-state index contributed by atoms with van der Waals surface area (Å²) in [6.45, 7) is 1.05. The second-order valence-corrected chi connectivity index (χ2v) is 10.5. The maximum Gasteiger partial charge on any atom is 0.216 e. The largest absolute Gasteiger partial charge is 0.385 e. The topological polar surface area (TPSA) is 86.3 Å². The SMILES string of the molecule is O=S(=O)(C1CC1)N1C[C@@H]2CC(O)(c3cc(Cl)cc4cn[nH]c34)C[C@H]2C1. The van der Waals surface area contributed by atoms with Crippen molar-refractivity contribution in [1.29, 1.82) is 0 Å². The molecular formula is C17H20ClN3O3S. The molecule has 2 atom stereocenters. The molecule has 6 nitrogen and oxygen atoms in total. The molecule has 1 aliphatic heterocycles. The Balaban J connectivity index is 1.44. The minimum absolute atomic E-state index is 0.164. The molecule has 134 valence electrons. The summed E-state index contributed by atoms with van der Waals surface area (Å²) >= 11 is 6.23. The second-order valence-electron chi connectivity index (χ2n) is 7.81. The average Bonchev–Trinajstić information content (AvgIpc) is 3.07. The number of hydrogen-bond acceptors (Lipinski definition) is 4. The van der Waals surface area contributed by atoms with Gasteiger partial charge in [-0.3, -0.25) is 5.10 Å². The number of aromatic amines is 1. The van der Waals surface area contributed by atoms with Gasteiger partial charge in [-0.15, -0.1) is 0 Å². The van der Waals surface area contributed by atoms with Gasteiger partial charge in [-0.2, -0.15) is 5.10 Å². The summed E-state index contributed by atoms with van der Waals surface area (Å²) in [7, 11) is -3.13. The molecule has 25 heavy (non-hydrogen) atoms. The first kappa shape index (κ1) is 16.1. The van der Waals surface area contributed by atoms with Gasteiger partial charge >= 0.3 is 0 Å². The Labute approximate surface area is 151 Å². The van der Waals surface area contributed by atoms with Crippen LogP contribution in [0.25, 0.3) is 10.9 Å². The predicted molar refractivity (Wildman–Crippen MR) is 94.7 cm³/mol. The van der Waals surface area contributed by atoms with E-state index in [1.165, 1.54) is 0 Å². The minimum atomic E-state index is -3.13. The van der Waals surface area contributed by atoms with Crippen molar-refractivity contribution in [1.82, 2.24) is 14.5 Å². The van der Waals surface area contributed by atoms with Crippen LogP contribution in [0.5, 0.6) is 0 Å². The maximum atomic E-state index is 12.5. The molecule has 8 heteroatoms. The van der Waals surface area contributed by atoms with Crippen LogP contribution in [0.2, 0.25) is 5.02 Å². The monoisotopic (exact) mass is 381 g/mol. The molecular weight excluding hydrogens is 362 g/mol. The smallest absolute Gasteiger partial charge is 0.216 e. The lowest BCUT2D eigenvalue weighted by Gasteiger charge is -2.27. The van der Waals surface area contributed by atoms with Crippen LogP contribution in [0.1, 0.15) is 31.2 Å². The molecule has 0 bridgehead atoms. The first-order valence-corrected chi connectivity index (χ1v) is 10.6. The van der Waals surface area contributed by atoms with Gasteiger partial charge in [0.15, 0.2) is 0 Å². The highest BCUT2D eigenvalue weighted by atomic mass is 35.5. The molecule has 2 N–H and O–H groups in total. The van der Waals surface area contributed by atoms with Crippen molar-refractivity contribution in [2.45, 2.75) is 36.5 Å². The van der Waals surface area contributed by atoms with Crippen LogP contribution in [-0.2, 0) is 15.6 Å². The lowest BCUT2D eigenvalue weighted by molar-refractivity contribution is 0.0352. The first-order valence-electron chi connectivity index (χ1n) is 8.71. The highest BCUT2D eigenvalue weighted by molar-refractivity contribution is 7.90. The summed E-state index contributed by atoms with van der Waals surface area (Å²) in [6.07, 6.45) is 4.40. The number of halogens is 1. The Morgan fingerprint density at radius 2 is 1.92 bits per heavy atom. The standard InChI is InChI=1S/C17H20ClN3O3S/c18-13-3-10-7-19-20-16(10)15(4-13)17(22)5-11-8-21(9-12(11)6-17)25(23,24)14-1-2-14/h3-4,7,11-12,14,22H,1-2,5-6,8-9H2,(H,19,20)/t11-,12-/m0/s1. The van der Waals surface area contributed by atoms with E-state index in [9.17, 15) is 13.5 Å². The fraction of sp³-hybridized carbons (Fsp3) is 0.588. The van der Waals surface area contributed by atoms with Crippen molar-refractivity contribution in [2.24, 2.45) is 11.8 Å². The zero-order valence-electron chi connectivity index (χ0n) is 13.7. The number of sulfonamides is 1. The van der Waals surface area contributed by atoms with Gasteiger partial charge < -0.3 is 5.11 Å². The number of nitrogens with zero attached hydrogens (tertiary/aromatic N) is 2. The molecule has 1 aromatic heterocycles. The molecule has 0 amide bonds. The van der Waals surface area contributed by atoms with Crippen LogP contribution < -0.4 is 0 Å². The summed E-state index contributed by atoms with van der Waals surface area (Å²) in [6, 6.07) is 3.63. The van der Waals surface area contributed by atoms with Crippen molar-refractivity contribution in [3.8, 4) is 0 Å². The third kappa shape index (κ3) is 2.44. The zero-order valence-corrected chi connectivity index (χ0v) is 15.2. The quantitative estimate of drug-likeness (QED) is 0.853. The summed E-state index contributed by atoms with van der Waals surface area (Å²) < 4.78 is 26.6. The van der Waals surface area contributed by atoms with E-state index >= 15 is 0 Å². The fourth-order valence-corrected chi connectivity index (χ4v) is 6.88. The number of aromatic nitrogens is 2. The number of fused-ring (bicyclic) bond motifs is 2. The van der Waals surface area contributed by atoms with E-state index < -0.39 is 15.6 Å². The molecule has 0 unspecified atom stereocenters. The van der Waals surface area contributed by atoms with E-state index in [0.717, 1.165) is 29.3 Å². The van der Waals surface area contributed by atoms with Crippen LogP contribution in [0.15, 0.2) is 18.3 Å². The third-order valence-electron chi connectivity index (χ3n) is 6.06. The lowest BCUT2D eigenvalue weighted by Crippen LogP contribution is -2.34. The highest BCUT2D eigenvalue weighted by Crippen LogP contribution is 2.51. The van der Waals surface area contributed by atoms with Crippen molar-refractivity contribution < 1.29 is 13.5 Å². The molecule has 2 aromatic rings. The summed E-state index contributed by atoms with van der Waals surface area (Å²) in [5.74, 6) is 0.381. The number of benzene rings is 1. The Hall–Kier alpha value is -1.15. The van der Waals surface area contributed by atoms with Crippen LogP contribution >= 0.6 is 11.6 Å². The van der Waals surface area contributed by atoms with Gasteiger partial charge in [0, 0.05) is 29.1 Å². The molecule has 2 aliphatic carbocycles. The van der Waals surface area contributed by atoms with E-state index in [1.54, 1.807) is 10.5 Å². The molecule has 3 fully saturated rings. The van der Waals surface area contributed by atoms with E-state index in [4.69, 9.17) is 11.6 Å². The van der Waals surface area contributed by atoms with Crippen LogP contribution in [0.4, 0.5) is 0 Å². The van der Waals surface area contributed by atoms with Crippen molar-refractivity contribution in [3.63, 3.8) is 0 Å². The van der Waals surface area contributed by atoms with Crippen molar-refractivity contribution in [3.05, 3.63) is 28.9 Å². The second kappa shape index (κ2) is 5.19. The number of rotatable bonds is 3. The van der Waals surface area contributed by atoms with Gasteiger partial charge in [-0.05, 0) is 49.7 Å². The van der Waals surface area contributed by atoms with Gasteiger partial charge in [-0.1, -0.05) is 11.6 Å². The van der Waals surface area contributed by atoms with Crippen molar-refractivity contribution in [2.75, 3.05) is 13.1 Å². The zero-order chi connectivity index (χ0) is 17.4. The van der Waals surface area contributed by atoms with E-state index in [0.29, 0.717) is 31.0 Å². The molecule has 1 aromatic carbocycles. The Kier molecular flexibility index (Phi) is 3.33. The molecule has 3 aliphatic rings. The van der Waals surface area contributed by atoms with Crippen LogP contribution in [0, 0.1) is 11.8 Å². The lowest BCUT2D eigenvalue weighted by atomic mass is 9.89. The Morgan fingerprint density at radius 3 is 2.56 bits per heavy atom. The summed E-state index contributed by atoms with van der Waals surface area (Å²) in [5.41, 5.74) is 0.605. The number of nitrogens with one attached hydrogen (secondary N) is 1. The molecule has 0 radical (unpaired) electrons. The van der Waals surface area contributed by atoms with Gasteiger partial charge in [0.25, 0.3) is 0 Å². The van der Waals surface area contributed by atoms with E-state index in [-0.39, 0.29) is 17.1 Å². The fourth-order valence-electron chi connectivity index (χ4n) is 4.70. The van der Waals surface area contributed by atoms with Gasteiger partial charge in [0.05, 0.1) is 22.6 Å². The molecule has 2 heterocycles. The summed E-state index contributed by atoms with van der Waals surface area (Å²) in [4.78, 5) is 0. The van der Waals surface area contributed by atoms with Crippen LogP contribution in [-0.4, -0.2) is 46.4 Å². The highest BCUT2D eigenvalue weighted by Gasteiger charge is 2.53. The average molecular weight is 382 g/mol. The number of hydrogen-bond donors (Lipinski definition) is 2. The van der Waals surface area contributed by atoms with Gasteiger partial charge in [-0.25, -0.2) is 12.7 Å². The molecule has 5 rings (SSSR count). The minimum Gasteiger partial charge on any atom is -0.385 e. The number of H-pyrrole nitrogens is 1. The molecule has 1 saturated heterocycles. The predicted octanol–water partition coefficient (Wildman–Crippen LogP) is 2.24. The van der Waals surface area contributed by atoms with E-state index in [1.807, 2.05) is 12.1 Å². The summed E-state index contributed by atoms with van der Waals surface area (Å²) in [5, 5.41) is 19.7. The normalized spacial score (nSPS) is 29.4. The van der Waals surface area contributed by atoms with Gasteiger partial charge in [0.1, 0.15) is 0 Å². The van der Waals surface area contributed by atoms with E-state index in [2.05, 4.69) is 10.2 Å². The number of aliphatic hydroxyl groups is 1. The Bertz CT molecular complexity index is 939. The van der Waals surface area contributed by atoms with Crippen LogP contribution in [0.3, 0.4) is 0 Å². The Morgan fingerprint density at radius 1 is 1.24 bits per heavy atom.